The molecule has 1 fully saturated rings. The minimum Gasteiger partial charge on any atom is -0.488 e. The van der Waals surface area contributed by atoms with Crippen LogP contribution in [0.3, 0.4) is 0 Å². The third-order valence-electron chi connectivity index (χ3n) is 4.97. The predicted octanol–water partition coefficient (Wildman–Crippen LogP) is 1.76. The number of aryl methyl sites for hydroxylation is 1. The van der Waals surface area contributed by atoms with Crippen molar-refractivity contribution in [3.05, 3.63) is 35.5 Å². The summed E-state index contributed by atoms with van der Waals surface area (Å²) in [6.45, 7) is 6.96. The smallest absolute Gasteiger partial charge is 0.274 e. The van der Waals surface area contributed by atoms with Gasteiger partial charge in [0.1, 0.15) is 12.4 Å². The number of carbonyl (C=O) groups excluding carboxylic acids is 1. The molecule has 0 spiro atoms. The summed E-state index contributed by atoms with van der Waals surface area (Å²) >= 11 is 0. The molecule has 1 amide bonds. The molecule has 0 aliphatic carbocycles. The molecule has 4 rings (SSSR count). The number of carbonyl (C=O) groups is 1. The second-order valence-corrected chi connectivity index (χ2v) is 6.31. The van der Waals surface area contributed by atoms with Gasteiger partial charge in [-0.05, 0) is 18.7 Å². The van der Waals surface area contributed by atoms with Crippen molar-refractivity contribution in [1.82, 2.24) is 19.6 Å². The van der Waals surface area contributed by atoms with Crippen LogP contribution in [0.2, 0.25) is 0 Å². The molecule has 6 nitrogen and oxygen atoms in total. The van der Waals surface area contributed by atoms with Crippen LogP contribution in [-0.2, 0) is 13.7 Å². The fourth-order valence-electron chi connectivity index (χ4n) is 3.57. The SMILES string of the molecule is CCN1CCN(C(=O)c2nn(C)c3c2COc2ccccc2-3)CC1. The molecule has 1 aromatic heterocycles. The van der Waals surface area contributed by atoms with Gasteiger partial charge in [-0.2, -0.15) is 5.10 Å². The maximum atomic E-state index is 13.0. The van der Waals surface area contributed by atoms with E-state index in [2.05, 4.69) is 16.9 Å². The minimum atomic E-state index is 0.0191. The highest BCUT2D eigenvalue weighted by molar-refractivity contribution is 5.96. The van der Waals surface area contributed by atoms with E-state index >= 15 is 0 Å². The molecule has 2 aliphatic heterocycles. The third kappa shape index (κ3) is 2.38. The summed E-state index contributed by atoms with van der Waals surface area (Å²) in [7, 11) is 1.90. The maximum absolute atomic E-state index is 13.0. The van der Waals surface area contributed by atoms with E-state index in [1.165, 1.54) is 0 Å². The number of likely N-dealkylation sites (N-methyl/N-ethyl adjacent to an activating group) is 1. The van der Waals surface area contributed by atoms with Crippen LogP contribution in [0.4, 0.5) is 0 Å². The molecular weight excluding hydrogens is 304 g/mol. The number of hydrogen-bond acceptors (Lipinski definition) is 4. The molecule has 0 N–H and O–H groups in total. The molecule has 24 heavy (non-hydrogen) atoms. The summed E-state index contributed by atoms with van der Waals surface area (Å²) in [5.74, 6) is 0.870. The van der Waals surface area contributed by atoms with E-state index in [1.54, 1.807) is 0 Å². The molecule has 1 aromatic carbocycles. The van der Waals surface area contributed by atoms with Gasteiger partial charge in [-0.15, -0.1) is 0 Å². The van der Waals surface area contributed by atoms with Crippen LogP contribution in [0, 0.1) is 0 Å². The highest BCUT2D eigenvalue weighted by Crippen LogP contribution is 2.38. The minimum absolute atomic E-state index is 0.0191. The Morgan fingerprint density at radius 1 is 1.21 bits per heavy atom. The second-order valence-electron chi connectivity index (χ2n) is 6.31. The average molecular weight is 326 g/mol. The van der Waals surface area contributed by atoms with Gasteiger partial charge in [-0.25, -0.2) is 0 Å². The van der Waals surface area contributed by atoms with Gasteiger partial charge in [0.25, 0.3) is 5.91 Å². The Morgan fingerprint density at radius 3 is 2.71 bits per heavy atom. The Kier molecular flexibility index (Phi) is 3.76. The normalized spacial score (nSPS) is 17.2. The van der Waals surface area contributed by atoms with Gasteiger partial charge < -0.3 is 14.5 Å². The van der Waals surface area contributed by atoms with E-state index in [9.17, 15) is 4.79 Å². The third-order valence-corrected chi connectivity index (χ3v) is 4.97. The monoisotopic (exact) mass is 326 g/mol. The highest BCUT2D eigenvalue weighted by Gasteiger charge is 2.31. The number of amides is 1. The van der Waals surface area contributed by atoms with Crippen LogP contribution in [0.1, 0.15) is 23.0 Å². The first-order valence-corrected chi connectivity index (χ1v) is 8.48. The topological polar surface area (TPSA) is 50.6 Å². The van der Waals surface area contributed by atoms with Crippen LogP contribution in [-0.4, -0.2) is 58.2 Å². The van der Waals surface area contributed by atoms with Crippen molar-refractivity contribution in [1.29, 1.82) is 0 Å². The largest absolute Gasteiger partial charge is 0.488 e. The predicted molar refractivity (Wildman–Crippen MR) is 91.0 cm³/mol. The molecule has 0 bridgehead atoms. The number of benzene rings is 1. The fourth-order valence-corrected chi connectivity index (χ4v) is 3.57. The quantitative estimate of drug-likeness (QED) is 0.844. The maximum Gasteiger partial charge on any atom is 0.274 e. The Hall–Kier alpha value is -2.34. The van der Waals surface area contributed by atoms with Crippen molar-refractivity contribution in [2.45, 2.75) is 13.5 Å². The number of piperazine rings is 1. The number of nitrogens with zero attached hydrogens (tertiary/aromatic N) is 4. The number of aromatic nitrogens is 2. The molecule has 126 valence electrons. The van der Waals surface area contributed by atoms with Gasteiger partial charge in [-0.1, -0.05) is 19.1 Å². The highest BCUT2D eigenvalue weighted by atomic mass is 16.5. The van der Waals surface area contributed by atoms with E-state index in [4.69, 9.17) is 4.74 Å². The Bertz CT molecular complexity index is 775. The molecule has 6 heteroatoms. The standard InChI is InChI=1S/C18H22N4O2/c1-3-21-8-10-22(11-9-21)18(23)16-14-12-24-15-7-5-4-6-13(15)17(14)20(2)19-16/h4-7H,3,8-12H2,1-2H3. The zero-order valence-corrected chi connectivity index (χ0v) is 14.2. The summed E-state index contributed by atoms with van der Waals surface area (Å²) in [5, 5.41) is 4.54. The van der Waals surface area contributed by atoms with Gasteiger partial charge in [0.2, 0.25) is 0 Å². The van der Waals surface area contributed by atoms with Gasteiger partial charge in [0, 0.05) is 44.4 Å². The molecule has 0 saturated carbocycles. The zero-order valence-electron chi connectivity index (χ0n) is 14.2. The van der Waals surface area contributed by atoms with Crippen LogP contribution >= 0.6 is 0 Å². The lowest BCUT2D eigenvalue weighted by Gasteiger charge is -2.33. The van der Waals surface area contributed by atoms with Crippen molar-refractivity contribution in [2.24, 2.45) is 7.05 Å². The van der Waals surface area contributed by atoms with Gasteiger partial charge in [0.15, 0.2) is 5.69 Å². The number of ether oxygens (including phenoxy) is 1. The number of rotatable bonds is 2. The zero-order chi connectivity index (χ0) is 16.7. The Morgan fingerprint density at radius 2 is 1.96 bits per heavy atom. The molecule has 0 unspecified atom stereocenters. The Labute approximate surface area is 141 Å². The van der Waals surface area contributed by atoms with Crippen molar-refractivity contribution >= 4 is 5.91 Å². The van der Waals surface area contributed by atoms with Crippen molar-refractivity contribution < 1.29 is 9.53 Å². The number of para-hydroxylation sites is 1. The summed E-state index contributed by atoms with van der Waals surface area (Å²) in [6.07, 6.45) is 0. The molecule has 0 radical (unpaired) electrons. The van der Waals surface area contributed by atoms with Crippen LogP contribution in [0.5, 0.6) is 5.75 Å². The first-order valence-electron chi connectivity index (χ1n) is 8.48. The first kappa shape index (κ1) is 15.2. The van der Waals surface area contributed by atoms with E-state index in [1.807, 2.05) is 40.9 Å². The molecule has 0 atom stereocenters. The van der Waals surface area contributed by atoms with Crippen LogP contribution in [0.15, 0.2) is 24.3 Å². The summed E-state index contributed by atoms with van der Waals surface area (Å²) < 4.78 is 7.66. The van der Waals surface area contributed by atoms with Gasteiger partial charge >= 0.3 is 0 Å². The lowest BCUT2D eigenvalue weighted by Crippen LogP contribution is -2.48. The molecule has 2 aromatic rings. The Balaban J connectivity index is 1.66. The fraction of sp³-hybridized carbons (Fsp3) is 0.444. The lowest BCUT2D eigenvalue weighted by molar-refractivity contribution is 0.0634. The van der Waals surface area contributed by atoms with E-state index in [0.29, 0.717) is 12.3 Å². The lowest BCUT2D eigenvalue weighted by atomic mass is 10.0. The summed E-state index contributed by atoms with van der Waals surface area (Å²) in [6, 6.07) is 7.91. The first-order chi connectivity index (χ1) is 11.7. The number of fused-ring (bicyclic) bond motifs is 3. The molecule has 1 saturated heterocycles. The molecule has 3 heterocycles. The molecule has 2 aliphatic rings. The van der Waals surface area contributed by atoms with Gasteiger partial charge in [-0.3, -0.25) is 9.48 Å². The van der Waals surface area contributed by atoms with Crippen molar-refractivity contribution in [2.75, 3.05) is 32.7 Å². The van der Waals surface area contributed by atoms with E-state index in [-0.39, 0.29) is 5.91 Å². The van der Waals surface area contributed by atoms with Crippen molar-refractivity contribution in [3.8, 4) is 17.0 Å². The second kappa shape index (κ2) is 5.94. The van der Waals surface area contributed by atoms with E-state index in [0.717, 1.165) is 55.3 Å². The van der Waals surface area contributed by atoms with Gasteiger partial charge in [0.05, 0.1) is 5.69 Å². The summed E-state index contributed by atoms with van der Waals surface area (Å²) in [5.41, 5.74) is 3.43. The van der Waals surface area contributed by atoms with Crippen molar-refractivity contribution in [3.63, 3.8) is 0 Å². The molecular formula is C18H22N4O2. The summed E-state index contributed by atoms with van der Waals surface area (Å²) in [4.78, 5) is 17.2. The number of hydrogen-bond donors (Lipinski definition) is 0. The van der Waals surface area contributed by atoms with Crippen LogP contribution in [0.25, 0.3) is 11.3 Å². The van der Waals surface area contributed by atoms with Crippen LogP contribution < -0.4 is 4.74 Å². The average Bonchev–Trinajstić information content (AvgIpc) is 2.98. The van der Waals surface area contributed by atoms with E-state index < -0.39 is 0 Å².